The van der Waals surface area contributed by atoms with Crippen molar-refractivity contribution in [1.82, 2.24) is 9.97 Å². The Bertz CT molecular complexity index is 1320. The molecule has 1 fully saturated rings. The van der Waals surface area contributed by atoms with Gasteiger partial charge in [-0.15, -0.1) is 0 Å². The summed E-state index contributed by atoms with van der Waals surface area (Å²) >= 11 is 0. The van der Waals surface area contributed by atoms with Crippen LogP contribution < -0.4 is 16.4 Å². The number of rotatable bonds is 4. The molecule has 0 saturated carbocycles. The van der Waals surface area contributed by atoms with Gasteiger partial charge in [-0.25, -0.2) is 18.7 Å². The molecular weight excluding hydrogens is 444 g/mol. The molecule has 2 heterocycles. The molecule has 1 aliphatic heterocycles. The number of nitrogens with two attached hydrogens (primary N) is 2. The van der Waals surface area contributed by atoms with Gasteiger partial charge in [-0.2, -0.15) is 0 Å². The second-order valence-electron chi connectivity index (χ2n) is 9.23. The minimum absolute atomic E-state index is 0.0291. The fourth-order valence-corrected chi connectivity index (χ4v) is 5.03. The number of anilines is 2. The van der Waals surface area contributed by atoms with Crippen LogP contribution >= 0.6 is 0 Å². The molecule has 3 aromatic carbocycles. The van der Waals surface area contributed by atoms with Crippen molar-refractivity contribution in [2.75, 3.05) is 17.2 Å². The van der Waals surface area contributed by atoms with Gasteiger partial charge in [-0.3, -0.25) is 0 Å². The van der Waals surface area contributed by atoms with Crippen LogP contribution in [0.15, 0.2) is 79.1 Å². The standard InChI is InChI=1S/C28H27F2N5/c1-28(21-8-2-18(3-9-21)19-4-10-22(29)11-5-19)16-24(31)14-15-35(28)27-25(26(32)33-17-34-27)20-6-12-23(30)13-7-20/h2-13,17,24H,14-16,31H2,1H3,(H2,32,33,34). The van der Waals surface area contributed by atoms with Gasteiger partial charge in [0.25, 0.3) is 0 Å². The summed E-state index contributed by atoms with van der Waals surface area (Å²) in [6, 6.07) is 21.0. The van der Waals surface area contributed by atoms with E-state index in [0.29, 0.717) is 23.7 Å². The Morgan fingerprint density at radius 2 is 1.37 bits per heavy atom. The SMILES string of the molecule is CC1(c2ccc(-c3ccc(F)cc3)cc2)CC(N)CCN1c1ncnc(N)c1-c1ccc(F)cc1. The molecule has 0 amide bonds. The molecule has 0 radical (unpaired) electrons. The molecule has 0 aliphatic carbocycles. The van der Waals surface area contributed by atoms with Gasteiger partial charge >= 0.3 is 0 Å². The third-order valence-corrected chi connectivity index (χ3v) is 6.91. The van der Waals surface area contributed by atoms with Crippen LogP contribution in [-0.4, -0.2) is 22.6 Å². The van der Waals surface area contributed by atoms with Gasteiger partial charge < -0.3 is 16.4 Å². The van der Waals surface area contributed by atoms with Crippen molar-refractivity contribution >= 4 is 11.6 Å². The molecule has 0 spiro atoms. The largest absolute Gasteiger partial charge is 0.383 e. The van der Waals surface area contributed by atoms with Crippen LogP contribution in [0.2, 0.25) is 0 Å². The minimum atomic E-state index is -0.464. The Kier molecular flexibility index (Phi) is 5.94. The highest BCUT2D eigenvalue weighted by molar-refractivity contribution is 5.84. The number of hydrogen-bond acceptors (Lipinski definition) is 5. The van der Waals surface area contributed by atoms with E-state index < -0.39 is 5.54 Å². The Morgan fingerprint density at radius 3 is 1.97 bits per heavy atom. The van der Waals surface area contributed by atoms with Crippen LogP contribution in [0.1, 0.15) is 25.3 Å². The van der Waals surface area contributed by atoms with Gasteiger partial charge in [0.05, 0.1) is 11.1 Å². The highest BCUT2D eigenvalue weighted by atomic mass is 19.1. The van der Waals surface area contributed by atoms with E-state index >= 15 is 0 Å². The summed E-state index contributed by atoms with van der Waals surface area (Å²) in [5.41, 5.74) is 16.8. The topological polar surface area (TPSA) is 81.1 Å². The summed E-state index contributed by atoms with van der Waals surface area (Å²) in [6.45, 7) is 2.84. The predicted octanol–water partition coefficient (Wildman–Crippen LogP) is 5.51. The van der Waals surface area contributed by atoms with Crippen molar-refractivity contribution < 1.29 is 8.78 Å². The maximum atomic E-state index is 13.6. The number of piperidine rings is 1. The monoisotopic (exact) mass is 471 g/mol. The summed E-state index contributed by atoms with van der Waals surface area (Å²) in [6.07, 6.45) is 2.98. The van der Waals surface area contributed by atoms with Crippen LogP contribution in [0.3, 0.4) is 0 Å². The van der Waals surface area contributed by atoms with Crippen molar-refractivity contribution in [3.63, 3.8) is 0 Å². The molecule has 5 nitrogen and oxygen atoms in total. The Balaban J connectivity index is 1.58. The van der Waals surface area contributed by atoms with Crippen LogP contribution in [-0.2, 0) is 5.54 Å². The molecule has 7 heteroatoms. The third-order valence-electron chi connectivity index (χ3n) is 6.91. The van der Waals surface area contributed by atoms with E-state index in [-0.39, 0.29) is 17.7 Å². The average Bonchev–Trinajstić information content (AvgIpc) is 2.85. The molecule has 1 aromatic heterocycles. The molecule has 35 heavy (non-hydrogen) atoms. The van der Waals surface area contributed by atoms with E-state index in [9.17, 15) is 8.78 Å². The van der Waals surface area contributed by atoms with Crippen molar-refractivity contribution in [1.29, 1.82) is 0 Å². The Hall–Kier alpha value is -3.84. The zero-order valence-electron chi connectivity index (χ0n) is 19.5. The second-order valence-corrected chi connectivity index (χ2v) is 9.23. The number of hydrogen-bond donors (Lipinski definition) is 2. The lowest BCUT2D eigenvalue weighted by Crippen LogP contribution is -2.54. The smallest absolute Gasteiger partial charge is 0.142 e. The number of benzene rings is 3. The zero-order valence-corrected chi connectivity index (χ0v) is 19.5. The second kappa shape index (κ2) is 9.07. The molecule has 2 unspecified atom stereocenters. The van der Waals surface area contributed by atoms with Crippen LogP contribution in [0.5, 0.6) is 0 Å². The molecule has 0 bridgehead atoms. The predicted molar refractivity (Wildman–Crippen MR) is 136 cm³/mol. The van der Waals surface area contributed by atoms with Crippen LogP contribution in [0, 0.1) is 11.6 Å². The van der Waals surface area contributed by atoms with Gasteiger partial charge in [-0.1, -0.05) is 48.5 Å². The Morgan fingerprint density at radius 1 is 0.829 bits per heavy atom. The highest BCUT2D eigenvalue weighted by Crippen LogP contribution is 2.44. The van der Waals surface area contributed by atoms with E-state index in [2.05, 4.69) is 33.9 Å². The van der Waals surface area contributed by atoms with Gasteiger partial charge in [0.1, 0.15) is 29.6 Å². The fraction of sp³-hybridized carbons (Fsp3) is 0.214. The van der Waals surface area contributed by atoms with E-state index in [4.69, 9.17) is 11.5 Å². The summed E-state index contributed by atoms with van der Waals surface area (Å²) in [4.78, 5) is 11.1. The molecule has 4 aromatic rings. The summed E-state index contributed by atoms with van der Waals surface area (Å²) < 4.78 is 27.0. The van der Waals surface area contributed by atoms with E-state index in [0.717, 1.165) is 35.1 Å². The van der Waals surface area contributed by atoms with Crippen molar-refractivity contribution in [3.8, 4) is 22.3 Å². The first-order chi connectivity index (χ1) is 16.8. The molecule has 178 valence electrons. The van der Waals surface area contributed by atoms with Gasteiger partial charge in [0, 0.05) is 12.6 Å². The maximum absolute atomic E-state index is 13.6. The lowest BCUT2D eigenvalue weighted by Gasteiger charge is -2.48. The van der Waals surface area contributed by atoms with E-state index in [1.165, 1.54) is 30.6 Å². The van der Waals surface area contributed by atoms with Gasteiger partial charge in [-0.05, 0) is 66.3 Å². The molecule has 1 aliphatic rings. The minimum Gasteiger partial charge on any atom is -0.383 e. The summed E-state index contributed by atoms with van der Waals surface area (Å²) in [5.74, 6) is 0.457. The van der Waals surface area contributed by atoms with Crippen molar-refractivity contribution in [2.45, 2.75) is 31.3 Å². The summed E-state index contributed by atoms with van der Waals surface area (Å²) in [7, 11) is 0. The molecule has 5 rings (SSSR count). The zero-order chi connectivity index (χ0) is 24.6. The maximum Gasteiger partial charge on any atom is 0.142 e. The quantitative estimate of drug-likeness (QED) is 0.410. The molecule has 2 atom stereocenters. The first kappa shape index (κ1) is 22.9. The van der Waals surface area contributed by atoms with Gasteiger partial charge in [0.2, 0.25) is 0 Å². The number of nitrogen functional groups attached to an aromatic ring is 1. The number of halogens is 2. The fourth-order valence-electron chi connectivity index (χ4n) is 5.03. The number of aromatic nitrogens is 2. The van der Waals surface area contributed by atoms with Gasteiger partial charge in [0.15, 0.2) is 0 Å². The normalized spacial score (nSPS) is 20.1. The average molecular weight is 472 g/mol. The lowest BCUT2D eigenvalue weighted by atomic mass is 9.79. The Labute approximate surface area is 203 Å². The van der Waals surface area contributed by atoms with Crippen LogP contribution in [0.25, 0.3) is 22.3 Å². The van der Waals surface area contributed by atoms with E-state index in [1.54, 1.807) is 24.3 Å². The summed E-state index contributed by atoms with van der Waals surface area (Å²) in [5, 5.41) is 0. The number of nitrogens with zero attached hydrogens (tertiary/aromatic N) is 3. The third kappa shape index (κ3) is 4.35. The van der Waals surface area contributed by atoms with Crippen molar-refractivity contribution in [2.24, 2.45) is 5.73 Å². The van der Waals surface area contributed by atoms with Crippen molar-refractivity contribution in [3.05, 3.63) is 96.3 Å². The molecular formula is C28H27F2N5. The molecule has 1 saturated heterocycles. The highest BCUT2D eigenvalue weighted by Gasteiger charge is 2.41. The van der Waals surface area contributed by atoms with E-state index in [1.807, 2.05) is 12.1 Å². The van der Waals surface area contributed by atoms with Crippen LogP contribution in [0.4, 0.5) is 20.4 Å². The lowest BCUT2D eigenvalue weighted by molar-refractivity contribution is 0.308. The molecule has 4 N–H and O–H groups in total. The first-order valence-corrected chi connectivity index (χ1v) is 11.6. The first-order valence-electron chi connectivity index (χ1n) is 11.6.